The van der Waals surface area contributed by atoms with E-state index in [0.717, 1.165) is 6.07 Å². The van der Waals surface area contributed by atoms with E-state index < -0.39 is 35.6 Å². The van der Waals surface area contributed by atoms with Crippen LogP contribution in [0.25, 0.3) is 0 Å². The second-order valence-corrected chi connectivity index (χ2v) is 8.15. The molecule has 2 aromatic rings. The molecule has 0 saturated carbocycles. The summed E-state index contributed by atoms with van der Waals surface area (Å²) in [6.07, 6.45) is -6.05. The van der Waals surface area contributed by atoms with Gasteiger partial charge in [0.2, 0.25) is 0 Å². The molecule has 7 nitrogen and oxygen atoms in total. The number of halogens is 3. The number of nitrogens with zero attached hydrogens (tertiary/aromatic N) is 1. The highest BCUT2D eigenvalue weighted by Gasteiger charge is 2.43. The highest BCUT2D eigenvalue weighted by molar-refractivity contribution is 6.00. The minimum Gasteiger partial charge on any atom is -0.491 e. The van der Waals surface area contributed by atoms with Crippen LogP contribution < -0.4 is 15.0 Å². The Hall–Kier alpha value is -3.11. The highest BCUT2D eigenvalue weighted by atomic mass is 19.4. The SMILES string of the molecule is CNCCN1C(=O)[C@H](OC(C)=O)[C@H](c2ccc(OCCOC)cc2)Cc2c1cccc2C(F)(F)F. The van der Waals surface area contributed by atoms with Gasteiger partial charge >= 0.3 is 12.1 Å². The van der Waals surface area contributed by atoms with Crippen LogP contribution >= 0.6 is 0 Å². The van der Waals surface area contributed by atoms with E-state index >= 15 is 0 Å². The maximum absolute atomic E-state index is 14.0. The lowest BCUT2D eigenvalue weighted by atomic mass is 9.86. The molecule has 0 aliphatic carbocycles. The van der Waals surface area contributed by atoms with Gasteiger partial charge < -0.3 is 24.4 Å². The molecular formula is C25H29F3N2O5. The summed E-state index contributed by atoms with van der Waals surface area (Å²) < 4.78 is 58.0. The predicted octanol–water partition coefficient (Wildman–Crippen LogP) is 3.55. The molecule has 0 radical (unpaired) electrons. The van der Waals surface area contributed by atoms with E-state index in [-0.39, 0.29) is 24.2 Å². The monoisotopic (exact) mass is 494 g/mol. The highest BCUT2D eigenvalue weighted by Crippen LogP contribution is 2.42. The molecule has 1 N–H and O–H groups in total. The molecule has 0 bridgehead atoms. The van der Waals surface area contributed by atoms with Gasteiger partial charge in [0.1, 0.15) is 12.4 Å². The second kappa shape index (κ2) is 11.5. The number of amides is 1. The molecular weight excluding hydrogens is 465 g/mol. The fourth-order valence-electron chi connectivity index (χ4n) is 4.19. The number of hydrogen-bond acceptors (Lipinski definition) is 6. The van der Waals surface area contributed by atoms with Gasteiger partial charge in [-0.15, -0.1) is 0 Å². The van der Waals surface area contributed by atoms with Crippen LogP contribution in [0.4, 0.5) is 18.9 Å². The molecule has 0 aromatic heterocycles. The average molecular weight is 495 g/mol. The summed E-state index contributed by atoms with van der Waals surface area (Å²) in [5, 5.41) is 2.91. The number of carbonyl (C=O) groups excluding carboxylic acids is 2. The Morgan fingerprint density at radius 3 is 2.46 bits per heavy atom. The van der Waals surface area contributed by atoms with Crippen LogP contribution in [0.2, 0.25) is 0 Å². The summed E-state index contributed by atoms with van der Waals surface area (Å²) in [6.45, 7) is 2.35. The summed E-state index contributed by atoms with van der Waals surface area (Å²) >= 11 is 0. The van der Waals surface area contributed by atoms with Gasteiger partial charge in [0.05, 0.1) is 12.2 Å². The van der Waals surface area contributed by atoms with E-state index in [0.29, 0.717) is 31.1 Å². The zero-order valence-electron chi connectivity index (χ0n) is 19.9. The molecule has 2 aromatic carbocycles. The van der Waals surface area contributed by atoms with Crippen LogP contribution in [-0.2, 0) is 31.7 Å². The molecule has 0 saturated heterocycles. The summed E-state index contributed by atoms with van der Waals surface area (Å²) in [7, 11) is 3.23. The van der Waals surface area contributed by atoms with E-state index in [1.54, 1.807) is 38.4 Å². The Morgan fingerprint density at radius 1 is 1.14 bits per heavy atom. The van der Waals surface area contributed by atoms with Gasteiger partial charge in [-0.3, -0.25) is 9.59 Å². The van der Waals surface area contributed by atoms with Crippen molar-refractivity contribution in [2.45, 2.75) is 31.5 Å². The number of benzene rings is 2. The number of anilines is 1. The first kappa shape index (κ1) is 26.5. The smallest absolute Gasteiger partial charge is 0.416 e. The Bertz CT molecular complexity index is 1030. The number of carbonyl (C=O) groups is 2. The van der Waals surface area contributed by atoms with Gasteiger partial charge in [-0.2, -0.15) is 13.2 Å². The van der Waals surface area contributed by atoms with Crippen molar-refractivity contribution in [3.63, 3.8) is 0 Å². The van der Waals surface area contributed by atoms with Crippen molar-refractivity contribution < 1.29 is 37.0 Å². The molecule has 190 valence electrons. The zero-order valence-corrected chi connectivity index (χ0v) is 19.9. The van der Waals surface area contributed by atoms with Crippen molar-refractivity contribution in [1.29, 1.82) is 0 Å². The number of hydrogen-bond donors (Lipinski definition) is 1. The summed E-state index contributed by atoms with van der Waals surface area (Å²) in [6, 6.07) is 10.5. The van der Waals surface area contributed by atoms with Crippen LogP contribution in [0.3, 0.4) is 0 Å². The quantitative estimate of drug-likeness (QED) is 0.425. The molecule has 0 fully saturated rings. The third-order valence-corrected chi connectivity index (χ3v) is 5.79. The first-order valence-corrected chi connectivity index (χ1v) is 11.2. The maximum atomic E-state index is 14.0. The molecule has 1 aliphatic rings. The fourth-order valence-corrected chi connectivity index (χ4v) is 4.19. The Kier molecular flexibility index (Phi) is 8.74. The summed E-state index contributed by atoms with van der Waals surface area (Å²) in [5.74, 6) is -1.55. The molecule has 3 rings (SSSR count). The number of nitrogens with one attached hydrogen (secondary N) is 1. The molecule has 1 amide bonds. The normalized spacial score (nSPS) is 18.1. The molecule has 0 unspecified atom stereocenters. The zero-order chi connectivity index (χ0) is 25.6. The van der Waals surface area contributed by atoms with E-state index in [2.05, 4.69) is 5.32 Å². The molecule has 10 heteroatoms. The lowest BCUT2D eigenvalue weighted by Gasteiger charge is -2.28. The molecule has 1 heterocycles. The fraction of sp³-hybridized carbons (Fsp3) is 0.440. The van der Waals surface area contributed by atoms with Crippen LogP contribution in [0.1, 0.15) is 29.5 Å². The van der Waals surface area contributed by atoms with Crippen LogP contribution in [-0.4, -0.2) is 58.4 Å². The lowest BCUT2D eigenvalue weighted by molar-refractivity contribution is -0.154. The largest absolute Gasteiger partial charge is 0.491 e. The van der Waals surface area contributed by atoms with E-state index in [1.165, 1.54) is 24.0 Å². The minimum atomic E-state index is -4.62. The van der Waals surface area contributed by atoms with Crippen molar-refractivity contribution in [1.82, 2.24) is 5.32 Å². The third kappa shape index (κ3) is 6.32. The number of ether oxygens (including phenoxy) is 3. The number of likely N-dealkylation sites (N-methyl/N-ethyl adjacent to an activating group) is 1. The number of alkyl halides is 3. The van der Waals surface area contributed by atoms with E-state index in [4.69, 9.17) is 14.2 Å². The Balaban J connectivity index is 2.10. The third-order valence-electron chi connectivity index (χ3n) is 5.79. The van der Waals surface area contributed by atoms with E-state index in [9.17, 15) is 22.8 Å². The van der Waals surface area contributed by atoms with Crippen molar-refractivity contribution in [3.05, 3.63) is 59.2 Å². The Labute approximate surface area is 202 Å². The van der Waals surface area contributed by atoms with Crippen LogP contribution in [0.5, 0.6) is 5.75 Å². The van der Waals surface area contributed by atoms with Crippen molar-refractivity contribution >= 4 is 17.6 Å². The molecule has 1 aliphatic heterocycles. The number of esters is 1. The molecule has 2 atom stereocenters. The van der Waals surface area contributed by atoms with Gasteiger partial charge in [-0.1, -0.05) is 18.2 Å². The summed E-state index contributed by atoms with van der Waals surface area (Å²) in [5.41, 5.74) is -0.101. The van der Waals surface area contributed by atoms with Gasteiger partial charge in [0.25, 0.3) is 5.91 Å². The van der Waals surface area contributed by atoms with Gasteiger partial charge in [-0.25, -0.2) is 0 Å². The van der Waals surface area contributed by atoms with Gasteiger partial charge in [0.15, 0.2) is 6.10 Å². The minimum absolute atomic E-state index is 0.00970. The first-order valence-electron chi connectivity index (χ1n) is 11.2. The maximum Gasteiger partial charge on any atom is 0.416 e. The predicted molar refractivity (Wildman–Crippen MR) is 124 cm³/mol. The number of methoxy groups -OCH3 is 1. The van der Waals surface area contributed by atoms with Crippen molar-refractivity contribution in [3.8, 4) is 5.75 Å². The van der Waals surface area contributed by atoms with Crippen LogP contribution in [0, 0.1) is 0 Å². The van der Waals surface area contributed by atoms with E-state index in [1.807, 2.05) is 0 Å². The number of fused-ring (bicyclic) bond motifs is 1. The molecule has 35 heavy (non-hydrogen) atoms. The number of rotatable bonds is 9. The van der Waals surface area contributed by atoms with Crippen molar-refractivity contribution in [2.75, 3.05) is 45.4 Å². The lowest BCUT2D eigenvalue weighted by Crippen LogP contribution is -2.45. The standard InChI is InChI=1S/C25H29F3N2O5/c1-16(31)35-23-19(17-7-9-18(10-8-17)34-14-13-33-3)15-20-21(25(26,27)28)5-4-6-22(20)30(24(23)32)12-11-29-2/h4-10,19,23,29H,11-15H2,1-3H3/t19-,23+/m0/s1. The first-order chi connectivity index (χ1) is 16.7. The average Bonchev–Trinajstić information content (AvgIpc) is 2.92. The topological polar surface area (TPSA) is 77.1 Å². The molecule has 0 spiro atoms. The van der Waals surface area contributed by atoms with Gasteiger partial charge in [0, 0.05) is 38.7 Å². The van der Waals surface area contributed by atoms with Gasteiger partial charge in [-0.05, 0) is 48.9 Å². The van der Waals surface area contributed by atoms with Crippen LogP contribution in [0.15, 0.2) is 42.5 Å². The Morgan fingerprint density at radius 2 is 1.86 bits per heavy atom. The van der Waals surface area contributed by atoms with Crippen molar-refractivity contribution in [2.24, 2.45) is 0 Å². The second-order valence-electron chi connectivity index (χ2n) is 8.15. The summed E-state index contributed by atoms with van der Waals surface area (Å²) in [4.78, 5) is 26.9.